The van der Waals surface area contributed by atoms with Gasteiger partial charge in [0.15, 0.2) is 0 Å². The topological polar surface area (TPSA) is 85.7 Å². The number of carbonyl (C=O) groups is 1. The number of piperidine rings is 1. The highest BCUT2D eigenvalue weighted by Crippen LogP contribution is 2.26. The van der Waals surface area contributed by atoms with E-state index in [1.54, 1.807) is 24.3 Å². The fourth-order valence-electron chi connectivity index (χ4n) is 3.93. The molecule has 0 atom stereocenters. The van der Waals surface area contributed by atoms with Gasteiger partial charge in [0.05, 0.1) is 19.9 Å². The van der Waals surface area contributed by atoms with E-state index in [0.29, 0.717) is 22.9 Å². The Morgan fingerprint density at radius 1 is 0.939 bits per heavy atom. The lowest BCUT2D eigenvalue weighted by molar-refractivity contribution is -0.117. The van der Waals surface area contributed by atoms with Gasteiger partial charge in [-0.05, 0) is 37.5 Å². The minimum absolute atomic E-state index is 0.210. The van der Waals surface area contributed by atoms with Crippen molar-refractivity contribution in [3.05, 3.63) is 65.0 Å². The molecule has 1 fully saturated rings. The summed E-state index contributed by atoms with van der Waals surface area (Å²) >= 11 is 0. The Kier molecular flexibility index (Phi) is 6.92. The van der Waals surface area contributed by atoms with Crippen LogP contribution in [0.3, 0.4) is 0 Å². The number of hydrogen-bond donors (Lipinski definition) is 1. The lowest BCUT2D eigenvalue weighted by atomic mass is 10.1. The van der Waals surface area contributed by atoms with Crippen LogP contribution in [0, 0.1) is 0 Å². The van der Waals surface area contributed by atoms with Crippen LogP contribution >= 0.6 is 0 Å². The third-order valence-electron chi connectivity index (χ3n) is 5.68. The van der Waals surface area contributed by atoms with Crippen LogP contribution in [-0.4, -0.2) is 43.0 Å². The quantitative estimate of drug-likeness (QED) is 0.595. The third kappa shape index (κ3) is 5.52. The number of hydrogen-bond acceptors (Lipinski definition) is 6. The number of benzene rings is 2. The number of nitrogens with one attached hydrogen (secondary N) is 1. The largest absolute Gasteiger partial charge is 0.497 e. The lowest BCUT2D eigenvalue weighted by Crippen LogP contribution is -2.29. The summed E-state index contributed by atoms with van der Waals surface area (Å²) in [5.41, 5.74) is 2.88. The van der Waals surface area contributed by atoms with Gasteiger partial charge < -0.3 is 19.7 Å². The molecular weight excluding hydrogens is 420 g/mol. The standard InChI is InChI=1S/C25H28N4O4/c1-32-21-14-19(15-22(16-21)33-2)26-24(30)17-29-25(31)11-10-23(27-29)18-6-8-20(9-7-18)28-12-4-3-5-13-28/h6-11,14-16H,3-5,12-13,17H2,1-2H3,(H,26,30). The molecule has 172 valence electrons. The van der Waals surface area contributed by atoms with E-state index in [2.05, 4.69) is 27.4 Å². The Hall–Kier alpha value is -3.81. The van der Waals surface area contributed by atoms with Gasteiger partial charge in [-0.2, -0.15) is 5.10 Å². The van der Waals surface area contributed by atoms with E-state index in [1.165, 1.54) is 49.9 Å². The Morgan fingerprint density at radius 3 is 2.24 bits per heavy atom. The van der Waals surface area contributed by atoms with Crippen LogP contribution in [0.2, 0.25) is 0 Å². The first-order valence-corrected chi connectivity index (χ1v) is 11.0. The molecule has 0 aliphatic carbocycles. The number of rotatable bonds is 7. The van der Waals surface area contributed by atoms with Gasteiger partial charge in [-0.1, -0.05) is 12.1 Å². The fraction of sp³-hybridized carbons (Fsp3) is 0.320. The molecule has 8 nitrogen and oxygen atoms in total. The molecule has 0 unspecified atom stereocenters. The number of nitrogens with zero attached hydrogens (tertiary/aromatic N) is 3. The Labute approximate surface area is 192 Å². The highest BCUT2D eigenvalue weighted by Gasteiger charge is 2.13. The van der Waals surface area contributed by atoms with Gasteiger partial charge in [-0.25, -0.2) is 4.68 Å². The summed E-state index contributed by atoms with van der Waals surface area (Å²) in [5, 5.41) is 7.18. The zero-order valence-corrected chi connectivity index (χ0v) is 18.9. The van der Waals surface area contributed by atoms with Crippen molar-refractivity contribution in [2.75, 3.05) is 37.5 Å². The first-order valence-electron chi connectivity index (χ1n) is 11.0. The molecule has 2 aromatic carbocycles. The second kappa shape index (κ2) is 10.2. The summed E-state index contributed by atoms with van der Waals surface area (Å²) in [6.45, 7) is 1.95. The van der Waals surface area contributed by atoms with E-state index in [9.17, 15) is 9.59 Å². The molecule has 0 radical (unpaired) electrons. The highest BCUT2D eigenvalue weighted by atomic mass is 16.5. The molecule has 1 aromatic heterocycles. The number of ether oxygens (including phenoxy) is 2. The molecule has 1 saturated heterocycles. The third-order valence-corrected chi connectivity index (χ3v) is 5.68. The van der Waals surface area contributed by atoms with E-state index in [0.717, 1.165) is 18.7 Å². The van der Waals surface area contributed by atoms with E-state index < -0.39 is 0 Å². The number of amides is 1. The fourth-order valence-corrected chi connectivity index (χ4v) is 3.93. The lowest BCUT2D eigenvalue weighted by Gasteiger charge is -2.28. The predicted molar refractivity (Wildman–Crippen MR) is 128 cm³/mol. The van der Waals surface area contributed by atoms with Crippen LogP contribution in [0.15, 0.2) is 59.4 Å². The maximum atomic E-state index is 12.6. The molecule has 4 rings (SSSR count). The SMILES string of the molecule is COc1cc(NC(=O)Cn2nc(-c3ccc(N4CCCCC4)cc3)ccc2=O)cc(OC)c1. The average molecular weight is 449 g/mol. The summed E-state index contributed by atoms with van der Waals surface area (Å²) in [7, 11) is 3.07. The first-order chi connectivity index (χ1) is 16.1. The average Bonchev–Trinajstić information content (AvgIpc) is 2.85. The first kappa shape index (κ1) is 22.4. The minimum Gasteiger partial charge on any atom is -0.497 e. The Bertz CT molecular complexity index is 1150. The van der Waals surface area contributed by atoms with Gasteiger partial charge in [-0.3, -0.25) is 9.59 Å². The maximum absolute atomic E-state index is 12.6. The van der Waals surface area contributed by atoms with Crippen LogP contribution in [-0.2, 0) is 11.3 Å². The van der Waals surface area contributed by atoms with Crippen LogP contribution in [0.4, 0.5) is 11.4 Å². The summed E-state index contributed by atoms with van der Waals surface area (Å²) in [4.78, 5) is 27.3. The zero-order valence-electron chi connectivity index (χ0n) is 18.9. The molecular formula is C25H28N4O4. The number of carbonyl (C=O) groups excluding carboxylic acids is 1. The molecule has 8 heteroatoms. The molecule has 0 spiro atoms. The van der Waals surface area contributed by atoms with Crippen molar-refractivity contribution in [1.82, 2.24) is 9.78 Å². The highest BCUT2D eigenvalue weighted by molar-refractivity contribution is 5.91. The van der Waals surface area contributed by atoms with Gasteiger partial charge in [0, 0.05) is 54.3 Å². The van der Waals surface area contributed by atoms with Gasteiger partial charge >= 0.3 is 0 Å². The van der Waals surface area contributed by atoms with Crippen LogP contribution in [0.5, 0.6) is 11.5 Å². The second-order valence-corrected chi connectivity index (χ2v) is 7.96. The summed E-state index contributed by atoms with van der Waals surface area (Å²) in [5.74, 6) is 0.724. The monoisotopic (exact) mass is 448 g/mol. The van der Waals surface area contributed by atoms with Crippen molar-refractivity contribution in [3.8, 4) is 22.8 Å². The number of anilines is 2. The molecule has 1 amide bonds. The molecule has 0 bridgehead atoms. The molecule has 3 aromatic rings. The van der Waals surface area contributed by atoms with Crippen LogP contribution in [0.25, 0.3) is 11.3 Å². The van der Waals surface area contributed by atoms with Crippen molar-refractivity contribution >= 4 is 17.3 Å². The normalized spacial score (nSPS) is 13.5. The van der Waals surface area contributed by atoms with Crippen LogP contribution < -0.4 is 25.2 Å². The van der Waals surface area contributed by atoms with Crippen molar-refractivity contribution in [1.29, 1.82) is 0 Å². The van der Waals surface area contributed by atoms with Gasteiger partial charge in [0.25, 0.3) is 5.56 Å². The summed E-state index contributed by atoms with van der Waals surface area (Å²) < 4.78 is 11.6. The van der Waals surface area contributed by atoms with Crippen molar-refractivity contribution < 1.29 is 14.3 Å². The maximum Gasteiger partial charge on any atom is 0.267 e. The van der Waals surface area contributed by atoms with Crippen molar-refractivity contribution in [2.24, 2.45) is 0 Å². The second-order valence-electron chi connectivity index (χ2n) is 7.96. The molecule has 33 heavy (non-hydrogen) atoms. The Morgan fingerprint density at radius 2 is 1.61 bits per heavy atom. The van der Waals surface area contributed by atoms with E-state index in [-0.39, 0.29) is 18.0 Å². The van der Waals surface area contributed by atoms with E-state index >= 15 is 0 Å². The van der Waals surface area contributed by atoms with E-state index in [4.69, 9.17) is 9.47 Å². The molecule has 1 aliphatic rings. The van der Waals surface area contributed by atoms with Gasteiger partial charge in [0.2, 0.25) is 5.91 Å². The number of aromatic nitrogens is 2. The molecule has 1 aliphatic heterocycles. The molecule has 1 N–H and O–H groups in total. The van der Waals surface area contributed by atoms with Crippen molar-refractivity contribution in [3.63, 3.8) is 0 Å². The molecule has 2 heterocycles. The minimum atomic E-state index is -0.377. The predicted octanol–water partition coefficient (Wildman–Crippen LogP) is 3.56. The van der Waals surface area contributed by atoms with Crippen LogP contribution in [0.1, 0.15) is 19.3 Å². The van der Waals surface area contributed by atoms with Gasteiger partial charge in [0.1, 0.15) is 18.0 Å². The van der Waals surface area contributed by atoms with Crippen molar-refractivity contribution in [2.45, 2.75) is 25.8 Å². The Balaban J connectivity index is 1.48. The van der Waals surface area contributed by atoms with Gasteiger partial charge in [-0.15, -0.1) is 0 Å². The zero-order chi connectivity index (χ0) is 23.2. The summed E-state index contributed by atoms with van der Waals surface area (Å²) in [6, 6.07) is 16.4. The summed E-state index contributed by atoms with van der Waals surface area (Å²) in [6.07, 6.45) is 3.73. The molecule has 0 saturated carbocycles. The smallest absolute Gasteiger partial charge is 0.267 e. The van der Waals surface area contributed by atoms with E-state index in [1.807, 2.05) is 12.1 Å². The number of methoxy groups -OCH3 is 2.